The Morgan fingerprint density at radius 2 is 2.05 bits per heavy atom. The third kappa shape index (κ3) is 3.86. The number of nitriles is 1. The highest BCUT2D eigenvalue weighted by molar-refractivity contribution is 5.95. The predicted octanol–water partition coefficient (Wildman–Crippen LogP) is 1.45. The minimum Gasteiger partial charge on any atom is -0.451 e. The van der Waals surface area contributed by atoms with Gasteiger partial charge >= 0.3 is 5.97 Å². The van der Waals surface area contributed by atoms with Gasteiger partial charge < -0.3 is 10.1 Å². The Bertz CT molecular complexity index is 735. The summed E-state index contributed by atoms with van der Waals surface area (Å²) in [5.41, 5.74) is 1.38. The zero-order valence-electron chi connectivity index (χ0n) is 11.7. The van der Waals surface area contributed by atoms with Gasteiger partial charge in [-0.1, -0.05) is 12.1 Å². The molecule has 7 nitrogen and oxygen atoms in total. The first kappa shape index (κ1) is 15.1. The van der Waals surface area contributed by atoms with Crippen LogP contribution in [0.25, 0.3) is 0 Å². The van der Waals surface area contributed by atoms with Gasteiger partial charge in [-0.2, -0.15) is 5.26 Å². The Hall–Kier alpha value is -3.27. The van der Waals surface area contributed by atoms with Crippen molar-refractivity contribution >= 4 is 17.6 Å². The van der Waals surface area contributed by atoms with Gasteiger partial charge in [0.05, 0.1) is 23.1 Å². The molecule has 0 saturated carbocycles. The standard InChI is InChI=1S/C15H12N4O3/c1-10-7-18-13(8-17-10)15(21)22-9-14(20)19-12-5-3-2-4-11(12)6-16/h2-5,7-8H,9H2,1H3,(H,19,20). The Morgan fingerprint density at radius 1 is 1.27 bits per heavy atom. The number of nitrogens with zero attached hydrogens (tertiary/aromatic N) is 3. The number of aromatic nitrogens is 2. The molecule has 1 heterocycles. The van der Waals surface area contributed by atoms with Gasteiger partial charge in [0, 0.05) is 6.20 Å². The van der Waals surface area contributed by atoms with Crippen LogP contribution >= 0.6 is 0 Å². The van der Waals surface area contributed by atoms with E-state index >= 15 is 0 Å². The van der Waals surface area contributed by atoms with Crippen LogP contribution in [0.5, 0.6) is 0 Å². The van der Waals surface area contributed by atoms with Crippen molar-refractivity contribution in [2.45, 2.75) is 6.92 Å². The highest BCUT2D eigenvalue weighted by Crippen LogP contribution is 2.13. The summed E-state index contributed by atoms with van der Waals surface area (Å²) in [6, 6.07) is 8.49. The van der Waals surface area contributed by atoms with Gasteiger partial charge in [0.1, 0.15) is 6.07 Å². The quantitative estimate of drug-likeness (QED) is 0.856. The smallest absolute Gasteiger partial charge is 0.359 e. The van der Waals surface area contributed by atoms with E-state index < -0.39 is 18.5 Å². The first-order chi connectivity index (χ1) is 10.6. The maximum Gasteiger partial charge on any atom is 0.359 e. The molecule has 1 amide bonds. The van der Waals surface area contributed by atoms with Gasteiger partial charge in [0.25, 0.3) is 5.91 Å². The molecule has 0 aliphatic heterocycles. The summed E-state index contributed by atoms with van der Waals surface area (Å²) in [7, 11) is 0. The fraction of sp³-hybridized carbons (Fsp3) is 0.133. The third-order valence-corrected chi connectivity index (χ3v) is 2.65. The molecule has 0 aliphatic carbocycles. The van der Waals surface area contributed by atoms with Crippen LogP contribution < -0.4 is 5.32 Å². The SMILES string of the molecule is Cc1cnc(C(=O)OCC(=O)Nc2ccccc2C#N)cn1. The van der Waals surface area contributed by atoms with E-state index in [-0.39, 0.29) is 5.69 Å². The van der Waals surface area contributed by atoms with Crippen molar-refractivity contribution in [2.24, 2.45) is 0 Å². The molecule has 1 aromatic carbocycles. The number of ether oxygens (including phenoxy) is 1. The summed E-state index contributed by atoms with van der Waals surface area (Å²) in [6.45, 7) is 1.26. The largest absolute Gasteiger partial charge is 0.451 e. The summed E-state index contributed by atoms with van der Waals surface area (Å²) in [5.74, 6) is -1.28. The topological polar surface area (TPSA) is 105 Å². The molecule has 110 valence electrons. The van der Waals surface area contributed by atoms with Gasteiger partial charge in [-0.25, -0.2) is 9.78 Å². The number of aryl methyl sites for hydroxylation is 1. The van der Waals surface area contributed by atoms with Crippen molar-refractivity contribution in [1.82, 2.24) is 9.97 Å². The first-order valence-electron chi connectivity index (χ1n) is 6.35. The number of para-hydroxylation sites is 1. The molecule has 1 N–H and O–H groups in total. The molecule has 1 aromatic heterocycles. The number of hydrogen-bond donors (Lipinski definition) is 1. The Balaban J connectivity index is 1.91. The van der Waals surface area contributed by atoms with Gasteiger partial charge in [-0.15, -0.1) is 0 Å². The van der Waals surface area contributed by atoms with Gasteiger partial charge in [-0.05, 0) is 19.1 Å². The molecule has 0 bridgehead atoms. The fourth-order valence-corrected chi connectivity index (χ4v) is 1.58. The lowest BCUT2D eigenvalue weighted by molar-refractivity contribution is -0.119. The van der Waals surface area contributed by atoms with Crippen LogP contribution in [0.2, 0.25) is 0 Å². The molecule has 0 unspecified atom stereocenters. The Kier molecular flexibility index (Phi) is 4.78. The van der Waals surface area contributed by atoms with Crippen molar-refractivity contribution in [2.75, 3.05) is 11.9 Å². The molecule has 0 atom stereocenters. The molecule has 0 spiro atoms. The minimum absolute atomic E-state index is 0.0239. The molecule has 0 saturated heterocycles. The fourth-order valence-electron chi connectivity index (χ4n) is 1.58. The van der Waals surface area contributed by atoms with Crippen LogP contribution in [0.15, 0.2) is 36.7 Å². The number of esters is 1. The maximum atomic E-state index is 11.7. The minimum atomic E-state index is -0.740. The third-order valence-electron chi connectivity index (χ3n) is 2.65. The zero-order valence-corrected chi connectivity index (χ0v) is 11.7. The molecule has 0 aliphatic rings. The number of carbonyl (C=O) groups excluding carboxylic acids is 2. The van der Waals surface area contributed by atoms with E-state index in [1.54, 1.807) is 31.2 Å². The molecule has 2 rings (SSSR count). The molecular formula is C15H12N4O3. The van der Waals surface area contributed by atoms with Crippen molar-refractivity contribution in [3.63, 3.8) is 0 Å². The highest BCUT2D eigenvalue weighted by Gasteiger charge is 2.12. The number of anilines is 1. The monoisotopic (exact) mass is 296 g/mol. The van der Waals surface area contributed by atoms with Crippen molar-refractivity contribution in [1.29, 1.82) is 5.26 Å². The number of rotatable bonds is 4. The normalized spacial score (nSPS) is 9.64. The number of benzene rings is 1. The Morgan fingerprint density at radius 3 is 2.73 bits per heavy atom. The lowest BCUT2D eigenvalue weighted by atomic mass is 10.2. The van der Waals surface area contributed by atoms with E-state index in [1.165, 1.54) is 12.4 Å². The molecule has 2 aromatic rings. The van der Waals surface area contributed by atoms with E-state index in [2.05, 4.69) is 15.3 Å². The summed E-state index contributed by atoms with van der Waals surface area (Å²) in [5, 5.41) is 11.4. The number of nitrogens with one attached hydrogen (secondary N) is 1. The van der Waals surface area contributed by atoms with Crippen molar-refractivity contribution in [3.05, 3.63) is 53.6 Å². The van der Waals surface area contributed by atoms with Crippen LogP contribution in [0.3, 0.4) is 0 Å². The van der Waals surface area contributed by atoms with Gasteiger partial charge in [-0.3, -0.25) is 9.78 Å². The van der Waals surface area contributed by atoms with Crippen LogP contribution in [0.4, 0.5) is 5.69 Å². The lowest BCUT2D eigenvalue weighted by Crippen LogP contribution is -2.21. The van der Waals surface area contributed by atoms with Crippen molar-refractivity contribution in [3.8, 4) is 6.07 Å². The number of carbonyl (C=O) groups is 2. The van der Waals surface area contributed by atoms with E-state index in [1.807, 2.05) is 6.07 Å². The van der Waals surface area contributed by atoms with E-state index in [0.29, 0.717) is 16.9 Å². The second-order valence-corrected chi connectivity index (χ2v) is 4.32. The molecule has 0 radical (unpaired) electrons. The predicted molar refractivity (Wildman–Crippen MR) is 76.8 cm³/mol. The second-order valence-electron chi connectivity index (χ2n) is 4.32. The van der Waals surface area contributed by atoms with Crippen LogP contribution in [-0.4, -0.2) is 28.5 Å². The summed E-state index contributed by atoms with van der Waals surface area (Å²) >= 11 is 0. The molecule has 22 heavy (non-hydrogen) atoms. The van der Waals surface area contributed by atoms with E-state index in [0.717, 1.165) is 0 Å². The zero-order chi connectivity index (χ0) is 15.9. The molecule has 7 heteroatoms. The van der Waals surface area contributed by atoms with Gasteiger partial charge in [0.15, 0.2) is 12.3 Å². The summed E-state index contributed by atoms with van der Waals surface area (Å²) < 4.78 is 4.84. The van der Waals surface area contributed by atoms with Gasteiger partial charge in [0.2, 0.25) is 0 Å². The van der Waals surface area contributed by atoms with Crippen LogP contribution in [-0.2, 0) is 9.53 Å². The second kappa shape index (κ2) is 6.95. The summed E-state index contributed by atoms with van der Waals surface area (Å²) in [6.07, 6.45) is 2.71. The summed E-state index contributed by atoms with van der Waals surface area (Å²) in [4.78, 5) is 31.2. The van der Waals surface area contributed by atoms with Crippen LogP contribution in [0.1, 0.15) is 21.7 Å². The number of hydrogen-bond acceptors (Lipinski definition) is 6. The molecular weight excluding hydrogens is 284 g/mol. The molecule has 0 fully saturated rings. The van der Waals surface area contributed by atoms with E-state index in [9.17, 15) is 9.59 Å². The maximum absolute atomic E-state index is 11.7. The Labute approximate surface area is 126 Å². The van der Waals surface area contributed by atoms with E-state index in [4.69, 9.17) is 10.00 Å². The first-order valence-corrected chi connectivity index (χ1v) is 6.35. The lowest BCUT2D eigenvalue weighted by Gasteiger charge is -2.07. The van der Waals surface area contributed by atoms with Crippen LogP contribution in [0, 0.1) is 18.3 Å². The van der Waals surface area contributed by atoms with Crippen molar-refractivity contribution < 1.29 is 14.3 Å². The number of amides is 1. The average molecular weight is 296 g/mol. The average Bonchev–Trinajstić information content (AvgIpc) is 2.54. The highest BCUT2D eigenvalue weighted by atomic mass is 16.5.